The van der Waals surface area contributed by atoms with Crippen molar-refractivity contribution in [3.05, 3.63) is 212 Å². The van der Waals surface area contributed by atoms with Gasteiger partial charge in [0, 0.05) is 55.4 Å². The first-order valence-corrected chi connectivity index (χ1v) is 18.9. The molecular formula is C52H35N3. The summed E-state index contributed by atoms with van der Waals surface area (Å²) >= 11 is 0. The van der Waals surface area contributed by atoms with E-state index in [1.165, 1.54) is 65.5 Å². The number of rotatable bonds is 6. The fourth-order valence-electron chi connectivity index (χ4n) is 8.61. The Morgan fingerprint density at radius 1 is 0.291 bits per heavy atom. The molecule has 0 bridgehead atoms. The summed E-state index contributed by atoms with van der Waals surface area (Å²) in [5, 5.41) is 7.48. The van der Waals surface area contributed by atoms with E-state index < -0.39 is 0 Å². The summed E-state index contributed by atoms with van der Waals surface area (Å²) in [7, 11) is 0. The van der Waals surface area contributed by atoms with Gasteiger partial charge < -0.3 is 14.0 Å². The van der Waals surface area contributed by atoms with E-state index in [-0.39, 0.29) is 0 Å². The van der Waals surface area contributed by atoms with Crippen LogP contribution < -0.4 is 4.90 Å². The third kappa shape index (κ3) is 5.05. The van der Waals surface area contributed by atoms with Crippen molar-refractivity contribution in [2.24, 2.45) is 0 Å². The molecule has 0 unspecified atom stereocenters. The highest BCUT2D eigenvalue weighted by atomic mass is 15.1. The van der Waals surface area contributed by atoms with Gasteiger partial charge in [0.2, 0.25) is 0 Å². The standard InChI is InChI=1S/C52H35N3/c1-4-16-36(17-5-1)38-19-14-24-41(32-38)53(39-20-6-2-7-21-39)42-25-15-26-43(33-42)54-49-29-13-12-28-45(49)47-34-48-46-31-30-37-18-10-11-27-44(37)52(46)55(51(48)35-50(47)54)40-22-8-3-9-23-40/h1-35H. The lowest BCUT2D eigenvalue weighted by molar-refractivity contribution is 1.16. The van der Waals surface area contributed by atoms with Gasteiger partial charge in [-0.3, -0.25) is 0 Å². The zero-order valence-corrected chi connectivity index (χ0v) is 30.0. The maximum absolute atomic E-state index is 2.46. The summed E-state index contributed by atoms with van der Waals surface area (Å²) in [6, 6.07) is 76.9. The summed E-state index contributed by atoms with van der Waals surface area (Å²) in [6.45, 7) is 0. The van der Waals surface area contributed by atoms with Gasteiger partial charge in [0.25, 0.3) is 0 Å². The number of benzene rings is 9. The SMILES string of the molecule is c1ccc(-c2cccc(N(c3ccccc3)c3cccc(-n4c5ccccc5c5cc6c7ccc8ccccc8c7n(-c7ccccc7)c6cc54)c3)c2)cc1. The molecule has 0 fully saturated rings. The van der Waals surface area contributed by atoms with Crippen molar-refractivity contribution >= 4 is 71.4 Å². The molecule has 258 valence electrons. The van der Waals surface area contributed by atoms with Crippen LogP contribution in [-0.4, -0.2) is 9.13 Å². The van der Waals surface area contributed by atoms with E-state index in [9.17, 15) is 0 Å². The first-order valence-electron chi connectivity index (χ1n) is 18.9. The second-order valence-corrected chi connectivity index (χ2v) is 14.2. The van der Waals surface area contributed by atoms with E-state index in [1.54, 1.807) is 0 Å². The molecule has 0 atom stereocenters. The summed E-state index contributed by atoms with van der Waals surface area (Å²) < 4.78 is 4.91. The van der Waals surface area contributed by atoms with Gasteiger partial charge in [-0.1, -0.05) is 140 Å². The first-order chi connectivity index (χ1) is 27.3. The zero-order valence-electron chi connectivity index (χ0n) is 30.0. The van der Waals surface area contributed by atoms with Crippen LogP contribution in [0.5, 0.6) is 0 Å². The van der Waals surface area contributed by atoms with Gasteiger partial charge in [0.15, 0.2) is 0 Å². The Balaban J connectivity index is 1.17. The molecule has 0 spiro atoms. The van der Waals surface area contributed by atoms with Crippen molar-refractivity contribution in [1.29, 1.82) is 0 Å². The number of hydrogen-bond acceptors (Lipinski definition) is 1. The topological polar surface area (TPSA) is 13.1 Å². The van der Waals surface area contributed by atoms with Gasteiger partial charge in [-0.2, -0.15) is 0 Å². The van der Waals surface area contributed by atoms with E-state index in [0.29, 0.717) is 0 Å². The molecule has 11 rings (SSSR count). The molecule has 0 N–H and O–H groups in total. The van der Waals surface area contributed by atoms with Crippen molar-refractivity contribution in [2.45, 2.75) is 0 Å². The molecule has 9 aromatic carbocycles. The molecule has 3 heteroatoms. The zero-order chi connectivity index (χ0) is 36.3. The summed E-state index contributed by atoms with van der Waals surface area (Å²) in [6.07, 6.45) is 0. The molecule has 2 aromatic heterocycles. The number of para-hydroxylation sites is 3. The minimum atomic E-state index is 1.09. The number of anilines is 3. The van der Waals surface area contributed by atoms with Crippen LogP contribution >= 0.6 is 0 Å². The van der Waals surface area contributed by atoms with E-state index >= 15 is 0 Å². The molecule has 11 aromatic rings. The first kappa shape index (κ1) is 31.2. The fraction of sp³-hybridized carbons (Fsp3) is 0. The summed E-state index contributed by atoms with van der Waals surface area (Å²) in [5.74, 6) is 0. The van der Waals surface area contributed by atoms with Crippen LogP contribution in [0.1, 0.15) is 0 Å². The third-order valence-electron chi connectivity index (χ3n) is 11.0. The molecule has 3 nitrogen and oxygen atoms in total. The Bertz CT molecular complexity index is 3190. The molecule has 0 aliphatic carbocycles. The predicted molar refractivity (Wildman–Crippen MR) is 233 cm³/mol. The molecule has 0 saturated heterocycles. The van der Waals surface area contributed by atoms with E-state index in [1.807, 2.05) is 0 Å². The Morgan fingerprint density at radius 2 is 0.873 bits per heavy atom. The smallest absolute Gasteiger partial charge is 0.0619 e. The van der Waals surface area contributed by atoms with E-state index in [4.69, 9.17) is 0 Å². The second kappa shape index (κ2) is 12.6. The third-order valence-corrected chi connectivity index (χ3v) is 11.0. The fourth-order valence-corrected chi connectivity index (χ4v) is 8.61. The van der Waals surface area contributed by atoms with Crippen molar-refractivity contribution in [3.63, 3.8) is 0 Å². The van der Waals surface area contributed by atoms with Gasteiger partial charge in [-0.15, -0.1) is 0 Å². The van der Waals surface area contributed by atoms with Crippen molar-refractivity contribution in [2.75, 3.05) is 4.90 Å². The number of nitrogens with zero attached hydrogens (tertiary/aromatic N) is 3. The van der Waals surface area contributed by atoms with Gasteiger partial charge in [-0.25, -0.2) is 0 Å². The normalized spacial score (nSPS) is 11.6. The van der Waals surface area contributed by atoms with E-state index in [2.05, 4.69) is 226 Å². The average molecular weight is 702 g/mol. The summed E-state index contributed by atoms with van der Waals surface area (Å²) in [4.78, 5) is 2.36. The van der Waals surface area contributed by atoms with E-state index in [0.717, 1.165) is 28.4 Å². The largest absolute Gasteiger partial charge is 0.310 e. The quantitative estimate of drug-likeness (QED) is 0.168. The van der Waals surface area contributed by atoms with Gasteiger partial charge >= 0.3 is 0 Å². The van der Waals surface area contributed by atoms with Crippen LogP contribution in [0.15, 0.2) is 212 Å². The van der Waals surface area contributed by atoms with Crippen LogP contribution in [0.2, 0.25) is 0 Å². The molecule has 0 aliphatic rings. The molecule has 0 saturated carbocycles. The minimum absolute atomic E-state index is 1.09. The highest BCUT2D eigenvalue weighted by Crippen LogP contribution is 2.43. The maximum Gasteiger partial charge on any atom is 0.0619 e. The van der Waals surface area contributed by atoms with Crippen LogP contribution in [0.4, 0.5) is 17.1 Å². The predicted octanol–water partition coefficient (Wildman–Crippen LogP) is 14.2. The second-order valence-electron chi connectivity index (χ2n) is 14.2. The molecule has 55 heavy (non-hydrogen) atoms. The van der Waals surface area contributed by atoms with Crippen LogP contribution in [0.25, 0.3) is 76.9 Å². The van der Waals surface area contributed by atoms with Crippen LogP contribution in [0.3, 0.4) is 0 Å². The Hall–Kier alpha value is -7.36. The highest BCUT2D eigenvalue weighted by molar-refractivity contribution is 6.23. The average Bonchev–Trinajstić information content (AvgIpc) is 3.76. The van der Waals surface area contributed by atoms with Gasteiger partial charge in [0.05, 0.1) is 22.1 Å². The monoisotopic (exact) mass is 701 g/mol. The van der Waals surface area contributed by atoms with Crippen LogP contribution in [-0.2, 0) is 0 Å². The Labute approximate surface area is 319 Å². The van der Waals surface area contributed by atoms with Gasteiger partial charge in [-0.05, 0) is 89.3 Å². The lowest BCUT2D eigenvalue weighted by atomic mass is 10.0. The molecule has 2 heterocycles. The Kier molecular flexibility index (Phi) is 7.17. The number of aromatic nitrogens is 2. The van der Waals surface area contributed by atoms with Crippen LogP contribution in [0, 0.1) is 0 Å². The molecule has 0 amide bonds. The van der Waals surface area contributed by atoms with Gasteiger partial charge in [0.1, 0.15) is 0 Å². The molecular weight excluding hydrogens is 667 g/mol. The molecule has 0 aliphatic heterocycles. The van der Waals surface area contributed by atoms with Crippen molar-refractivity contribution in [3.8, 4) is 22.5 Å². The van der Waals surface area contributed by atoms with Crippen molar-refractivity contribution < 1.29 is 0 Å². The lowest BCUT2D eigenvalue weighted by Gasteiger charge is -2.26. The highest BCUT2D eigenvalue weighted by Gasteiger charge is 2.21. The summed E-state index contributed by atoms with van der Waals surface area (Å²) in [5.41, 5.74) is 12.7. The van der Waals surface area contributed by atoms with Crippen molar-refractivity contribution in [1.82, 2.24) is 9.13 Å². The molecule has 0 radical (unpaired) electrons. The number of fused-ring (bicyclic) bond motifs is 8. The lowest BCUT2D eigenvalue weighted by Crippen LogP contribution is -2.10. The Morgan fingerprint density at radius 3 is 1.69 bits per heavy atom. The maximum atomic E-state index is 2.46. The number of hydrogen-bond donors (Lipinski definition) is 0. The minimum Gasteiger partial charge on any atom is -0.310 e.